The number of hydrogen-bond acceptors (Lipinski definition) is 2. The van der Waals surface area contributed by atoms with Gasteiger partial charge in [0.15, 0.2) is 0 Å². The van der Waals surface area contributed by atoms with Crippen LogP contribution in [0.25, 0.3) is 0 Å². The van der Waals surface area contributed by atoms with Crippen LogP contribution < -0.4 is 5.32 Å². The standard InChI is InChI=1S/C16H25N3/c1-17-7-13-8-18-19(9-13)10-16-14-3-11-2-12(5-14)6-15(16)4-11/h8-9,11-12,14-17H,2-7,10H2,1H3. The largest absolute Gasteiger partial charge is 0.316 e. The van der Waals surface area contributed by atoms with E-state index >= 15 is 0 Å². The van der Waals surface area contributed by atoms with Crippen LogP contribution in [0.1, 0.15) is 37.7 Å². The molecule has 3 nitrogen and oxygen atoms in total. The van der Waals surface area contributed by atoms with Gasteiger partial charge in [-0.3, -0.25) is 4.68 Å². The topological polar surface area (TPSA) is 29.9 Å². The first kappa shape index (κ1) is 12.0. The first-order chi connectivity index (χ1) is 9.31. The lowest BCUT2D eigenvalue weighted by molar-refractivity contribution is -0.0442. The van der Waals surface area contributed by atoms with Crippen LogP contribution >= 0.6 is 0 Å². The molecule has 3 heteroatoms. The van der Waals surface area contributed by atoms with Crippen molar-refractivity contribution in [3.63, 3.8) is 0 Å². The lowest BCUT2D eigenvalue weighted by Crippen LogP contribution is -2.46. The van der Waals surface area contributed by atoms with Crippen molar-refractivity contribution in [1.29, 1.82) is 0 Å². The van der Waals surface area contributed by atoms with Gasteiger partial charge in [-0.25, -0.2) is 0 Å². The summed E-state index contributed by atoms with van der Waals surface area (Å²) >= 11 is 0. The van der Waals surface area contributed by atoms with E-state index in [1.165, 1.54) is 37.8 Å². The molecule has 0 saturated heterocycles. The highest BCUT2D eigenvalue weighted by Gasteiger charge is 2.48. The van der Waals surface area contributed by atoms with Crippen LogP contribution in [0, 0.1) is 29.6 Å². The second kappa shape index (κ2) is 4.62. The summed E-state index contributed by atoms with van der Waals surface area (Å²) in [6, 6.07) is 0. The Labute approximate surface area is 115 Å². The normalized spacial score (nSPS) is 39.9. The van der Waals surface area contributed by atoms with Gasteiger partial charge in [-0.05, 0) is 68.7 Å². The fraction of sp³-hybridized carbons (Fsp3) is 0.812. The van der Waals surface area contributed by atoms with Crippen LogP contribution in [0.3, 0.4) is 0 Å². The second-order valence-corrected chi connectivity index (χ2v) is 7.20. The van der Waals surface area contributed by atoms with Crippen molar-refractivity contribution in [3.8, 4) is 0 Å². The average Bonchev–Trinajstić information content (AvgIpc) is 2.81. The molecule has 5 rings (SSSR count). The Morgan fingerprint density at radius 2 is 1.84 bits per heavy atom. The van der Waals surface area contributed by atoms with Gasteiger partial charge in [0, 0.05) is 24.8 Å². The van der Waals surface area contributed by atoms with Gasteiger partial charge in [0.25, 0.3) is 0 Å². The van der Waals surface area contributed by atoms with Gasteiger partial charge in [-0.1, -0.05) is 0 Å². The predicted molar refractivity (Wildman–Crippen MR) is 75.5 cm³/mol. The Morgan fingerprint density at radius 1 is 1.16 bits per heavy atom. The van der Waals surface area contributed by atoms with Gasteiger partial charge in [0.05, 0.1) is 6.20 Å². The van der Waals surface area contributed by atoms with Gasteiger partial charge in [-0.15, -0.1) is 0 Å². The monoisotopic (exact) mass is 259 g/mol. The molecule has 0 amide bonds. The molecule has 0 atom stereocenters. The van der Waals surface area contributed by atoms with Crippen molar-refractivity contribution >= 4 is 0 Å². The molecule has 4 aliphatic rings. The Balaban J connectivity index is 1.47. The quantitative estimate of drug-likeness (QED) is 0.901. The summed E-state index contributed by atoms with van der Waals surface area (Å²) < 4.78 is 2.21. The molecule has 4 fully saturated rings. The summed E-state index contributed by atoms with van der Waals surface area (Å²) in [4.78, 5) is 0. The number of nitrogens with one attached hydrogen (secondary N) is 1. The van der Waals surface area contributed by atoms with Crippen molar-refractivity contribution in [3.05, 3.63) is 18.0 Å². The average molecular weight is 259 g/mol. The fourth-order valence-corrected chi connectivity index (χ4v) is 5.35. The summed E-state index contributed by atoms with van der Waals surface area (Å²) in [7, 11) is 2.00. The zero-order valence-corrected chi connectivity index (χ0v) is 11.9. The van der Waals surface area contributed by atoms with Crippen LogP contribution in [0.5, 0.6) is 0 Å². The van der Waals surface area contributed by atoms with Crippen molar-refractivity contribution in [2.24, 2.45) is 29.6 Å². The molecule has 1 N–H and O–H groups in total. The van der Waals surface area contributed by atoms with E-state index in [0.717, 1.165) is 36.1 Å². The minimum absolute atomic E-state index is 0.912. The van der Waals surface area contributed by atoms with Crippen LogP contribution in [-0.4, -0.2) is 16.8 Å². The van der Waals surface area contributed by atoms with Crippen molar-refractivity contribution in [2.45, 2.75) is 45.2 Å². The number of rotatable bonds is 4. The Hall–Kier alpha value is -0.830. The summed E-state index contributed by atoms with van der Waals surface area (Å²) in [6.07, 6.45) is 11.9. The van der Waals surface area contributed by atoms with E-state index in [-0.39, 0.29) is 0 Å². The van der Waals surface area contributed by atoms with E-state index in [4.69, 9.17) is 0 Å². The molecule has 0 radical (unpaired) electrons. The Bertz CT molecular complexity index is 423. The molecule has 1 aromatic rings. The molecule has 1 aromatic heterocycles. The number of nitrogens with zero attached hydrogens (tertiary/aromatic N) is 2. The van der Waals surface area contributed by atoms with Crippen molar-refractivity contribution < 1.29 is 0 Å². The van der Waals surface area contributed by atoms with Gasteiger partial charge < -0.3 is 5.32 Å². The molecule has 0 aliphatic heterocycles. The molecule has 0 unspecified atom stereocenters. The van der Waals surface area contributed by atoms with E-state index in [9.17, 15) is 0 Å². The Morgan fingerprint density at radius 3 is 2.47 bits per heavy atom. The lowest BCUT2D eigenvalue weighted by atomic mass is 9.52. The highest BCUT2D eigenvalue weighted by Crippen LogP contribution is 2.56. The SMILES string of the molecule is CNCc1cnn(CC2C3CC4CC(C3)CC2C4)c1. The van der Waals surface area contributed by atoms with Crippen molar-refractivity contribution in [1.82, 2.24) is 15.1 Å². The summed E-state index contributed by atoms with van der Waals surface area (Å²) in [6.45, 7) is 2.10. The van der Waals surface area contributed by atoms with Crippen molar-refractivity contribution in [2.75, 3.05) is 7.05 Å². The molecule has 1 heterocycles. The Kier molecular flexibility index (Phi) is 2.91. The van der Waals surface area contributed by atoms with Crippen LogP contribution in [-0.2, 0) is 13.1 Å². The molecule has 4 bridgehead atoms. The maximum absolute atomic E-state index is 4.56. The van der Waals surface area contributed by atoms with Gasteiger partial charge in [0.1, 0.15) is 0 Å². The third-order valence-electron chi connectivity index (χ3n) is 5.89. The van der Waals surface area contributed by atoms with E-state index in [1.54, 1.807) is 6.42 Å². The van der Waals surface area contributed by atoms with E-state index in [1.807, 2.05) is 13.2 Å². The lowest BCUT2D eigenvalue weighted by Gasteiger charge is -2.54. The third kappa shape index (κ3) is 2.12. The summed E-state index contributed by atoms with van der Waals surface area (Å²) in [5.74, 6) is 5.09. The maximum Gasteiger partial charge on any atom is 0.0534 e. The predicted octanol–water partition coefficient (Wildman–Crippen LogP) is 2.67. The van der Waals surface area contributed by atoms with E-state index in [0.29, 0.717) is 0 Å². The summed E-state index contributed by atoms with van der Waals surface area (Å²) in [5.41, 5.74) is 1.31. The highest BCUT2D eigenvalue weighted by molar-refractivity contribution is 5.04. The van der Waals surface area contributed by atoms with Crippen LogP contribution in [0.2, 0.25) is 0 Å². The van der Waals surface area contributed by atoms with Crippen LogP contribution in [0.4, 0.5) is 0 Å². The maximum atomic E-state index is 4.56. The number of aromatic nitrogens is 2. The molecular formula is C16H25N3. The van der Waals surface area contributed by atoms with E-state index < -0.39 is 0 Å². The first-order valence-corrected chi connectivity index (χ1v) is 7.97. The number of hydrogen-bond donors (Lipinski definition) is 1. The fourth-order valence-electron chi connectivity index (χ4n) is 5.35. The zero-order chi connectivity index (χ0) is 12.8. The highest BCUT2D eigenvalue weighted by atomic mass is 15.3. The molecule has 4 saturated carbocycles. The molecule has 0 aromatic carbocycles. The molecular weight excluding hydrogens is 234 g/mol. The second-order valence-electron chi connectivity index (χ2n) is 7.20. The minimum atomic E-state index is 0.912. The molecule has 0 spiro atoms. The molecule has 19 heavy (non-hydrogen) atoms. The minimum Gasteiger partial charge on any atom is -0.316 e. The van der Waals surface area contributed by atoms with Gasteiger partial charge >= 0.3 is 0 Å². The smallest absolute Gasteiger partial charge is 0.0534 e. The van der Waals surface area contributed by atoms with Gasteiger partial charge in [0.2, 0.25) is 0 Å². The first-order valence-electron chi connectivity index (χ1n) is 7.97. The molecule has 4 aliphatic carbocycles. The zero-order valence-electron chi connectivity index (χ0n) is 11.9. The van der Waals surface area contributed by atoms with Gasteiger partial charge in [-0.2, -0.15) is 5.10 Å². The van der Waals surface area contributed by atoms with Crippen LogP contribution in [0.15, 0.2) is 12.4 Å². The van der Waals surface area contributed by atoms with E-state index in [2.05, 4.69) is 21.3 Å². The third-order valence-corrected chi connectivity index (χ3v) is 5.89. The molecule has 104 valence electrons. The summed E-state index contributed by atoms with van der Waals surface area (Å²) in [5, 5.41) is 7.76.